The predicted molar refractivity (Wildman–Crippen MR) is 75.5 cm³/mol. The number of pyridine rings is 1. The van der Waals surface area contributed by atoms with E-state index in [4.69, 9.17) is 4.52 Å². The topological polar surface area (TPSA) is 68.0 Å². The molecule has 0 bridgehead atoms. The van der Waals surface area contributed by atoms with E-state index in [-0.39, 0.29) is 17.0 Å². The number of carbonyl (C=O) groups is 1. The molecule has 0 fully saturated rings. The minimum Gasteiger partial charge on any atom is -0.336 e. The van der Waals surface area contributed by atoms with Gasteiger partial charge in [-0.2, -0.15) is 8.78 Å². The molecule has 0 unspecified atom stereocenters. The Morgan fingerprint density at radius 2 is 2.00 bits per heavy atom. The van der Waals surface area contributed by atoms with E-state index in [1.165, 1.54) is 36.5 Å². The van der Waals surface area contributed by atoms with Crippen molar-refractivity contribution in [2.24, 2.45) is 0 Å². The number of fused-ring (bicyclic) bond motifs is 1. The summed E-state index contributed by atoms with van der Waals surface area (Å²) >= 11 is 0. The fourth-order valence-corrected chi connectivity index (χ4v) is 2.00. The molecular weight excluding hydrogens is 292 g/mol. The predicted octanol–water partition coefficient (Wildman–Crippen LogP) is 3.26. The number of nitrogens with one attached hydrogen (secondary N) is 1. The molecule has 0 atom stereocenters. The minimum absolute atomic E-state index is 0.152. The lowest BCUT2D eigenvalue weighted by Crippen LogP contribution is -2.32. The normalized spacial score (nSPS) is 11.6. The fourth-order valence-electron chi connectivity index (χ4n) is 2.00. The van der Waals surface area contributed by atoms with Crippen molar-refractivity contribution in [2.75, 3.05) is 5.32 Å². The standard InChI is InChI=1S/C15H11F2N3O2/c1-9-12-7-11(8-18-13(12)22-20-9)19-14(21)15(16,17)10-5-3-2-4-6-10/h2-8H,1H3,(H,19,21). The molecule has 0 saturated carbocycles. The summed E-state index contributed by atoms with van der Waals surface area (Å²) in [4.78, 5) is 15.8. The van der Waals surface area contributed by atoms with Crippen molar-refractivity contribution < 1.29 is 18.1 Å². The molecule has 0 radical (unpaired) electrons. The lowest BCUT2D eigenvalue weighted by molar-refractivity contribution is -0.140. The van der Waals surface area contributed by atoms with Crippen LogP contribution in [0.15, 0.2) is 47.1 Å². The Kier molecular flexibility index (Phi) is 3.32. The molecule has 3 aromatic rings. The number of hydrogen-bond acceptors (Lipinski definition) is 4. The van der Waals surface area contributed by atoms with Gasteiger partial charge in [-0.3, -0.25) is 4.79 Å². The number of nitrogens with zero attached hydrogens (tertiary/aromatic N) is 2. The van der Waals surface area contributed by atoms with Gasteiger partial charge < -0.3 is 9.84 Å². The van der Waals surface area contributed by atoms with Gasteiger partial charge in [-0.15, -0.1) is 0 Å². The van der Waals surface area contributed by atoms with Crippen molar-refractivity contribution in [1.82, 2.24) is 10.1 Å². The number of alkyl halides is 2. The first-order valence-electron chi connectivity index (χ1n) is 6.45. The van der Waals surface area contributed by atoms with Gasteiger partial charge in [-0.05, 0) is 13.0 Å². The summed E-state index contributed by atoms with van der Waals surface area (Å²) in [5.74, 6) is -5.06. The van der Waals surface area contributed by atoms with Crippen LogP contribution in [-0.2, 0) is 10.7 Å². The lowest BCUT2D eigenvalue weighted by Gasteiger charge is -2.16. The highest BCUT2D eigenvalue weighted by Crippen LogP contribution is 2.29. The second kappa shape index (κ2) is 5.18. The molecule has 7 heteroatoms. The largest absolute Gasteiger partial charge is 0.350 e. The van der Waals surface area contributed by atoms with Crippen molar-refractivity contribution in [3.63, 3.8) is 0 Å². The molecule has 112 valence electrons. The third kappa shape index (κ3) is 2.41. The Morgan fingerprint density at radius 1 is 1.27 bits per heavy atom. The van der Waals surface area contributed by atoms with Gasteiger partial charge in [0.05, 0.1) is 23.0 Å². The van der Waals surface area contributed by atoms with Gasteiger partial charge in [0, 0.05) is 5.56 Å². The van der Waals surface area contributed by atoms with E-state index >= 15 is 0 Å². The number of anilines is 1. The fraction of sp³-hybridized carbons (Fsp3) is 0.133. The lowest BCUT2D eigenvalue weighted by atomic mass is 10.1. The van der Waals surface area contributed by atoms with Gasteiger partial charge in [0.25, 0.3) is 11.6 Å². The van der Waals surface area contributed by atoms with Gasteiger partial charge >= 0.3 is 5.92 Å². The summed E-state index contributed by atoms with van der Waals surface area (Å²) in [7, 11) is 0. The van der Waals surface area contributed by atoms with Crippen LogP contribution >= 0.6 is 0 Å². The first-order chi connectivity index (χ1) is 10.5. The molecule has 5 nitrogen and oxygen atoms in total. The Bertz CT molecular complexity index is 831. The number of aryl methyl sites for hydroxylation is 1. The Labute approximate surface area is 123 Å². The van der Waals surface area contributed by atoms with Gasteiger partial charge in [-0.1, -0.05) is 35.5 Å². The highest BCUT2D eigenvalue weighted by atomic mass is 19.3. The van der Waals surface area contributed by atoms with Crippen LogP contribution in [0.5, 0.6) is 0 Å². The molecule has 0 aliphatic rings. The van der Waals surface area contributed by atoms with Crippen LogP contribution in [0.2, 0.25) is 0 Å². The van der Waals surface area contributed by atoms with E-state index in [2.05, 4.69) is 15.5 Å². The van der Waals surface area contributed by atoms with Crippen molar-refractivity contribution in [3.8, 4) is 0 Å². The summed E-state index contributed by atoms with van der Waals surface area (Å²) in [6.07, 6.45) is 1.24. The molecule has 1 N–H and O–H groups in total. The van der Waals surface area contributed by atoms with Crippen LogP contribution < -0.4 is 5.32 Å². The van der Waals surface area contributed by atoms with Crippen LogP contribution in [0.4, 0.5) is 14.5 Å². The van der Waals surface area contributed by atoms with Crippen molar-refractivity contribution >= 4 is 22.7 Å². The smallest absolute Gasteiger partial charge is 0.336 e. The van der Waals surface area contributed by atoms with Gasteiger partial charge in [0.15, 0.2) is 0 Å². The van der Waals surface area contributed by atoms with Crippen molar-refractivity contribution in [3.05, 3.63) is 53.9 Å². The molecule has 2 heterocycles. The molecule has 0 aliphatic heterocycles. The highest BCUT2D eigenvalue weighted by Gasteiger charge is 2.40. The van der Waals surface area contributed by atoms with Crippen molar-refractivity contribution in [1.29, 1.82) is 0 Å². The van der Waals surface area contributed by atoms with Gasteiger partial charge in [0.1, 0.15) is 0 Å². The summed E-state index contributed by atoms with van der Waals surface area (Å²) in [6.45, 7) is 1.69. The van der Waals surface area contributed by atoms with E-state index < -0.39 is 11.8 Å². The minimum atomic E-state index is -3.64. The van der Waals surface area contributed by atoms with Gasteiger partial charge in [-0.25, -0.2) is 4.98 Å². The number of amides is 1. The van der Waals surface area contributed by atoms with E-state index in [0.717, 1.165) is 0 Å². The zero-order valence-electron chi connectivity index (χ0n) is 11.5. The maximum atomic E-state index is 14.1. The molecule has 3 rings (SSSR count). The number of aromatic nitrogens is 2. The van der Waals surface area contributed by atoms with Crippen LogP contribution in [0.3, 0.4) is 0 Å². The summed E-state index contributed by atoms with van der Waals surface area (Å²) < 4.78 is 33.1. The number of rotatable bonds is 3. The zero-order chi connectivity index (χ0) is 15.7. The molecule has 1 aromatic carbocycles. The second-order valence-corrected chi connectivity index (χ2v) is 4.74. The molecule has 0 spiro atoms. The van der Waals surface area contributed by atoms with Crippen LogP contribution in [0, 0.1) is 6.92 Å². The molecule has 22 heavy (non-hydrogen) atoms. The Balaban J connectivity index is 1.87. The van der Waals surface area contributed by atoms with E-state index in [0.29, 0.717) is 11.1 Å². The monoisotopic (exact) mass is 303 g/mol. The Hall–Kier alpha value is -2.83. The molecule has 1 amide bonds. The number of halogens is 2. The Morgan fingerprint density at radius 3 is 2.73 bits per heavy atom. The maximum absolute atomic E-state index is 14.1. The van der Waals surface area contributed by atoms with E-state index in [9.17, 15) is 13.6 Å². The van der Waals surface area contributed by atoms with E-state index in [1.54, 1.807) is 13.0 Å². The molecule has 0 saturated heterocycles. The van der Waals surface area contributed by atoms with Crippen LogP contribution in [0.25, 0.3) is 11.1 Å². The van der Waals surface area contributed by atoms with Crippen molar-refractivity contribution in [2.45, 2.75) is 12.8 Å². The SMILES string of the molecule is Cc1noc2ncc(NC(=O)C(F)(F)c3ccccc3)cc12. The average Bonchev–Trinajstić information content (AvgIpc) is 2.89. The van der Waals surface area contributed by atoms with Crippen LogP contribution in [0.1, 0.15) is 11.3 Å². The summed E-state index contributed by atoms with van der Waals surface area (Å²) in [6, 6.07) is 8.39. The first kappa shape index (κ1) is 14.1. The summed E-state index contributed by atoms with van der Waals surface area (Å²) in [5.41, 5.74) is 0.626. The molecular formula is C15H11F2N3O2. The number of hydrogen-bond donors (Lipinski definition) is 1. The maximum Gasteiger partial charge on any atom is 0.350 e. The second-order valence-electron chi connectivity index (χ2n) is 4.74. The quantitative estimate of drug-likeness (QED) is 0.806. The number of carbonyl (C=O) groups excluding carboxylic acids is 1. The highest BCUT2D eigenvalue weighted by molar-refractivity contribution is 5.97. The van der Waals surface area contributed by atoms with Gasteiger partial charge in [0.2, 0.25) is 0 Å². The molecule has 2 aromatic heterocycles. The third-order valence-corrected chi connectivity index (χ3v) is 3.19. The van der Waals surface area contributed by atoms with E-state index in [1.807, 2.05) is 0 Å². The molecule has 0 aliphatic carbocycles. The van der Waals surface area contributed by atoms with Crippen LogP contribution in [-0.4, -0.2) is 16.0 Å². The third-order valence-electron chi connectivity index (χ3n) is 3.19. The average molecular weight is 303 g/mol. The summed E-state index contributed by atoms with van der Waals surface area (Å²) in [5, 5.41) is 6.44. The first-order valence-corrected chi connectivity index (χ1v) is 6.45. The zero-order valence-corrected chi connectivity index (χ0v) is 11.5. The number of benzene rings is 1.